The minimum absolute atomic E-state index is 0.193. The normalized spacial score (nSPS) is 16.0. The minimum Gasteiger partial charge on any atom is -0.464 e. The van der Waals surface area contributed by atoms with Gasteiger partial charge in [-0.15, -0.1) is 0 Å². The van der Waals surface area contributed by atoms with Crippen molar-refractivity contribution in [1.29, 1.82) is 0 Å². The van der Waals surface area contributed by atoms with Gasteiger partial charge in [0, 0.05) is 22.7 Å². The molecule has 1 aliphatic rings. The molecule has 24 heavy (non-hydrogen) atoms. The van der Waals surface area contributed by atoms with Crippen molar-refractivity contribution in [3.63, 3.8) is 0 Å². The second-order valence-corrected chi connectivity index (χ2v) is 5.80. The van der Waals surface area contributed by atoms with E-state index in [1.807, 2.05) is 31.1 Å². The zero-order chi connectivity index (χ0) is 17.4. The molecule has 0 radical (unpaired) electrons. The van der Waals surface area contributed by atoms with Crippen LogP contribution in [0.25, 0.3) is 0 Å². The Labute approximate surface area is 143 Å². The molecule has 0 bridgehead atoms. The maximum Gasteiger partial charge on any atom is 0.324 e. The third kappa shape index (κ3) is 5.07. The SMILES string of the molecule is C=O.O=C1OCCC1NSc1ccc(Nc2ccc(F)cc2)cc1. The second-order valence-electron chi connectivity index (χ2n) is 4.88. The van der Waals surface area contributed by atoms with Crippen LogP contribution < -0.4 is 10.0 Å². The van der Waals surface area contributed by atoms with E-state index in [4.69, 9.17) is 9.53 Å². The maximum absolute atomic E-state index is 12.8. The molecule has 1 heterocycles. The predicted octanol–water partition coefficient (Wildman–Crippen LogP) is 3.30. The van der Waals surface area contributed by atoms with Crippen molar-refractivity contribution in [1.82, 2.24) is 4.72 Å². The van der Waals surface area contributed by atoms with Crippen LogP contribution in [0.2, 0.25) is 0 Å². The molecule has 0 amide bonds. The lowest BCUT2D eigenvalue weighted by molar-refractivity contribution is -0.139. The van der Waals surface area contributed by atoms with Crippen LogP contribution in [0, 0.1) is 5.82 Å². The third-order valence-electron chi connectivity index (χ3n) is 3.24. The first-order valence-electron chi connectivity index (χ1n) is 7.21. The number of benzene rings is 2. The van der Waals surface area contributed by atoms with Crippen LogP contribution in [0.5, 0.6) is 0 Å². The highest BCUT2D eigenvalue weighted by Gasteiger charge is 2.25. The van der Waals surface area contributed by atoms with Crippen LogP contribution in [0.1, 0.15) is 6.42 Å². The van der Waals surface area contributed by atoms with E-state index in [2.05, 4.69) is 10.0 Å². The number of ether oxygens (including phenoxy) is 1. The smallest absolute Gasteiger partial charge is 0.324 e. The molecule has 7 heteroatoms. The molecule has 1 fully saturated rings. The summed E-state index contributed by atoms with van der Waals surface area (Å²) in [4.78, 5) is 20.3. The average Bonchev–Trinajstić information content (AvgIpc) is 3.03. The summed E-state index contributed by atoms with van der Waals surface area (Å²) in [5.41, 5.74) is 1.74. The van der Waals surface area contributed by atoms with Gasteiger partial charge in [0.1, 0.15) is 18.6 Å². The Morgan fingerprint density at radius 2 is 1.62 bits per heavy atom. The lowest BCUT2D eigenvalue weighted by Crippen LogP contribution is -2.27. The standard InChI is InChI=1S/C16H15FN2O2S.CH2O/c17-11-1-3-12(4-2-11)18-13-5-7-14(8-6-13)22-19-15-9-10-21-16(15)20;1-2/h1-8,15,18-19H,9-10H2;1H2. The Kier molecular flexibility index (Phi) is 6.77. The minimum atomic E-state index is -0.256. The van der Waals surface area contributed by atoms with E-state index >= 15 is 0 Å². The number of halogens is 1. The molecule has 3 rings (SSSR count). The zero-order valence-electron chi connectivity index (χ0n) is 12.8. The average molecular weight is 348 g/mol. The Bertz CT molecular complexity index is 665. The van der Waals surface area contributed by atoms with Gasteiger partial charge in [-0.3, -0.25) is 4.79 Å². The molecule has 0 aliphatic carbocycles. The highest BCUT2D eigenvalue weighted by molar-refractivity contribution is 7.97. The number of rotatable bonds is 5. The summed E-state index contributed by atoms with van der Waals surface area (Å²) in [6.07, 6.45) is 0.704. The van der Waals surface area contributed by atoms with Gasteiger partial charge in [0.15, 0.2) is 0 Å². The fraction of sp³-hybridized carbons (Fsp3) is 0.176. The van der Waals surface area contributed by atoms with E-state index in [0.717, 1.165) is 16.3 Å². The fourth-order valence-electron chi connectivity index (χ4n) is 2.05. The Balaban J connectivity index is 0.00000100. The molecule has 1 atom stereocenters. The Morgan fingerprint density at radius 3 is 2.17 bits per heavy atom. The molecule has 1 unspecified atom stereocenters. The molecule has 0 aromatic heterocycles. The van der Waals surface area contributed by atoms with Gasteiger partial charge in [-0.1, -0.05) is 0 Å². The summed E-state index contributed by atoms with van der Waals surface area (Å²) >= 11 is 1.41. The van der Waals surface area contributed by atoms with Crippen molar-refractivity contribution >= 4 is 36.1 Å². The lowest BCUT2D eigenvalue weighted by atomic mass is 10.2. The first-order valence-corrected chi connectivity index (χ1v) is 8.03. The molecular weight excluding hydrogens is 331 g/mol. The monoisotopic (exact) mass is 348 g/mol. The van der Waals surface area contributed by atoms with Gasteiger partial charge in [-0.05, 0) is 60.5 Å². The third-order valence-corrected chi connectivity index (χ3v) is 4.15. The van der Waals surface area contributed by atoms with Crippen LogP contribution in [-0.2, 0) is 14.3 Å². The summed E-state index contributed by atoms with van der Waals surface area (Å²) in [7, 11) is 0. The molecule has 0 spiro atoms. The molecule has 0 saturated carbocycles. The van der Waals surface area contributed by atoms with Crippen molar-refractivity contribution in [3.05, 3.63) is 54.3 Å². The Morgan fingerprint density at radius 1 is 1.04 bits per heavy atom. The fourth-order valence-corrected chi connectivity index (χ4v) is 2.81. The van der Waals surface area contributed by atoms with Gasteiger partial charge in [0.05, 0.1) is 6.61 Å². The van der Waals surface area contributed by atoms with Crippen molar-refractivity contribution in [3.8, 4) is 0 Å². The number of hydrogen-bond acceptors (Lipinski definition) is 6. The summed E-state index contributed by atoms with van der Waals surface area (Å²) in [6, 6.07) is 13.7. The van der Waals surface area contributed by atoms with Crippen LogP contribution in [0.4, 0.5) is 15.8 Å². The molecule has 126 valence electrons. The van der Waals surface area contributed by atoms with Gasteiger partial charge < -0.3 is 14.8 Å². The van der Waals surface area contributed by atoms with Crippen LogP contribution in [0.15, 0.2) is 53.4 Å². The lowest BCUT2D eigenvalue weighted by Gasteiger charge is -2.09. The van der Waals surface area contributed by atoms with Crippen molar-refractivity contribution < 1.29 is 18.7 Å². The molecule has 2 N–H and O–H groups in total. The summed E-state index contributed by atoms with van der Waals surface area (Å²) in [5.74, 6) is -0.448. The molecule has 2 aromatic rings. The maximum atomic E-state index is 12.8. The van der Waals surface area contributed by atoms with Crippen LogP contribution >= 0.6 is 11.9 Å². The van der Waals surface area contributed by atoms with E-state index in [9.17, 15) is 9.18 Å². The van der Waals surface area contributed by atoms with Crippen LogP contribution in [-0.4, -0.2) is 25.4 Å². The van der Waals surface area contributed by atoms with Crippen molar-refractivity contribution in [2.24, 2.45) is 0 Å². The van der Waals surface area contributed by atoms with E-state index < -0.39 is 0 Å². The van der Waals surface area contributed by atoms with Crippen LogP contribution in [0.3, 0.4) is 0 Å². The van der Waals surface area contributed by atoms with E-state index in [0.29, 0.717) is 13.0 Å². The molecule has 2 aromatic carbocycles. The van der Waals surface area contributed by atoms with Gasteiger partial charge in [0.2, 0.25) is 0 Å². The molecule has 5 nitrogen and oxygen atoms in total. The predicted molar refractivity (Wildman–Crippen MR) is 91.6 cm³/mol. The topological polar surface area (TPSA) is 67.4 Å². The number of esters is 1. The first kappa shape index (κ1) is 18.0. The Hall–Kier alpha value is -2.38. The zero-order valence-corrected chi connectivity index (χ0v) is 13.6. The van der Waals surface area contributed by atoms with E-state index in [1.54, 1.807) is 12.1 Å². The molecule has 1 saturated heterocycles. The van der Waals surface area contributed by atoms with E-state index in [-0.39, 0.29) is 17.8 Å². The first-order chi connectivity index (χ1) is 11.7. The van der Waals surface area contributed by atoms with Gasteiger partial charge in [0.25, 0.3) is 0 Å². The van der Waals surface area contributed by atoms with Gasteiger partial charge in [-0.25, -0.2) is 9.11 Å². The number of cyclic esters (lactones) is 1. The van der Waals surface area contributed by atoms with Crippen molar-refractivity contribution in [2.75, 3.05) is 11.9 Å². The van der Waals surface area contributed by atoms with E-state index in [1.165, 1.54) is 24.1 Å². The molecular formula is C17H17FN2O3S. The largest absolute Gasteiger partial charge is 0.464 e. The summed E-state index contributed by atoms with van der Waals surface area (Å²) in [6.45, 7) is 2.48. The summed E-state index contributed by atoms with van der Waals surface area (Å²) < 4.78 is 20.8. The quantitative estimate of drug-likeness (QED) is 0.638. The highest BCUT2D eigenvalue weighted by atomic mass is 32.2. The number of carbonyl (C=O) groups is 2. The van der Waals surface area contributed by atoms with Gasteiger partial charge >= 0.3 is 5.97 Å². The van der Waals surface area contributed by atoms with Gasteiger partial charge in [-0.2, -0.15) is 0 Å². The number of nitrogens with one attached hydrogen (secondary N) is 2. The highest BCUT2D eigenvalue weighted by Crippen LogP contribution is 2.22. The number of hydrogen-bond donors (Lipinski definition) is 2. The summed E-state index contributed by atoms with van der Waals surface area (Å²) in [5, 5.41) is 3.19. The van der Waals surface area contributed by atoms with Crippen molar-refractivity contribution in [2.45, 2.75) is 17.4 Å². The number of anilines is 2. The second kappa shape index (κ2) is 9.05. The molecule has 1 aliphatic heterocycles. The number of carbonyl (C=O) groups excluding carboxylic acids is 2.